The molecule has 3 rings (SSSR count). The Bertz CT molecular complexity index is 829. The normalized spacial score (nSPS) is 17.1. The maximum absolute atomic E-state index is 12.4. The third-order valence-electron chi connectivity index (χ3n) is 5.08. The van der Waals surface area contributed by atoms with Crippen molar-refractivity contribution in [2.24, 2.45) is 16.9 Å². The van der Waals surface area contributed by atoms with E-state index in [1.807, 2.05) is 0 Å². The maximum Gasteiger partial charge on any atom is 0.281 e. The summed E-state index contributed by atoms with van der Waals surface area (Å²) in [4.78, 5) is 14.6. The largest absolute Gasteiger partial charge is 0.348 e. The van der Waals surface area contributed by atoms with Crippen LogP contribution in [0, 0.1) is 25.7 Å². The van der Waals surface area contributed by atoms with Crippen LogP contribution in [-0.4, -0.2) is 16.7 Å². The zero-order valence-corrected chi connectivity index (χ0v) is 17.2. The van der Waals surface area contributed by atoms with E-state index in [1.165, 1.54) is 28.2 Å². The van der Waals surface area contributed by atoms with Crippen molar-refractivity contribution in [2.45, 2.75) is 60.4 Å². The van der Waals surface area contributed by atoms with Crippen molar-refractivity contribution >= 4 is 23.5 Å². The quantitative estimate of drug-likeness (QED) is 0.600. The van der Waals surface area contributed by atoms with Crippen LogP contribution < -0.4 is 5.43 Å². The molecule has 2 heterocycles. The molecule has 140 valence electrons. The SMILES string of the molecule is Cc1cc(C=NNC(=O)c2cc3c(s2)CCC(C)C3)c(C)n1CC(C)C. The second-order valence-corrected chi connectivity index (χ2v) is 9.07. The fourth-order valence-corrected chi connectivity index (χ4v) is 4.74. The third-order valence-corrected chi connectivity index (χ3v) is 6.32. The van der Waals surface area contributed by atoms with Crippen LogP contribution in [0.5, 0.6) is 0 Å². The molecule has 4 nitrogen and oxygen atoms in total. The number of aryl methyl sites for hydroxylation is 2. The highest BCUT2D eigenvalue weighted by molar-refractivity contribution is 7.14. The van der Waals surface area contributed by atoms with E-state index < -0.39 is 0 Å². The zero-order chi connectivity index (χ0) is 18.8. The third kappa shape index (κ3) is 4.09. The summed E-state index contributed by atoms with van der Waals surface area (Å²) in [5.74, 6) is 1.20. The predicted molar refractivity (Wildman–Crippen MR) is 109 cm³/mol. The summed E-state index contributed by atoms with van der Waals surface area (Å²) in [5, 5.41) is 4.20. The van der Waals surface area contributed by atoms with Crippen LogP contribution in [-0.2, 0) is 19.4 Å². The lowest BCUT2D eigenvalue weighted by Gasteiger charge is -2.16. The molecule has 0 fully saturated rings. The minimum atomic E-state index is -0.107. The number of fused-ring (bicyclic) bond motifs is 1. The molecule has 0 aromatic carbocycles. The summed E-state index contributed by atoms with van der Waals surface area (Å²) >= 11 is 1.62. The number of thiophene rings is 1. The number of aromatic nitrogens is 1. The number of nitrogens with zero attached hydrogens (tertiary/aromatic N) is 2. The van der Waals surface area contributed by atoms with Gasteiger partial charge in [-0.05, 0) is 62.6 Å². The van der Waals surface area contributed by atoms with Crippen molar-refractivity contribution in [3.05, 3.63) is 44.4 Å². The lowest BCUT2D eigenvalue weighted by Crippen LogP contribution is -2.16. The van der Waals surface area contributed by atoms with E-state index >= 15 is 0 Å². The molecule has 2 aromatic rings. The molecule has 0 saturated heterocycles. The topological polar surface area (TPSA) is 46.4 Å². The summed E-state index contributed by atoms with van der Waals surface area (Å²) in [6.07, 6.45) is 5.16. The lowest BCUT2D eigenvalue weighted by atomic mass is 9.90. The Morgan fingerprint density at radius 3 is 2.92 bits per heavy atom. The van der Waals surface area contributed by atoms with Crippen LogP contribution in [0.2, 0.25) is 0 Å². The minimum Gasteiger partial charge on any atom is -0.348 e. The van der Waals surface area contributed by atoms with Crippen molar-refractivity contribution in [3.63, 3.8) is 0 Å². The Kier molecular flexibility index (Phi) is 5.66. The fraction of sp³-hybridized carbons (Fsp3) is 0.524. The molecule has 2 aromatic heterocycles. The van der Waals surface area contributed by atoms with E-state index in [9.17, 15) is 4.79 Å². The Hall–Kier alpha value is -1.88. The van der Waals surface area contributed by atoms with Gasteiger partial charge in [-0.3, -0.25) is 4.79 Å². The monoisotopic (exact) mass is 371 g/mol. The second kappa shape index (κ2) is 7.78. The smallest absolute Gasteiger partial charge is 0.281 e. The van der Waals surface area contributed by atoms with Gasteiger partial charge in [0, 0.05) is 28.4 Å². The van der Waals surface area contributed by atoms with Gasteiger partial charge in [-0.25, -0.2) is 5.43 Å². The average Bonchev–Trinajstić information content (AvgIpc) is 3.10. The van der Waals surface area contributed by atoms with Gasteiger partial charge in [0.1, 0.15) is 0 Å². The van der Waals surface area contributed by atoms with Gasteiger partial charge in [-0.2, -0.15) is 5.10 Å². The van der Waals surface area contributed by atoms with Crippen molar-refractivity contribution < 1.29 is 4.79 Å². The molecule has 1 N–H and O–H groups in total. The number of hydrazone groups is 1. The molecule has 0 aliphatic heterocycles. The average molecular weight is 372 g/mol. The first-order valence-corrected chi connectivity index (χ1v) is 10.3. The standard InChI is InChI=1S/C21H29N3OS/c1-13(2)12-24-15(4)9-18(16(24)5)11-22-23-21(25)20-10-17-8-14(3)6-7-19(17)26-20/h9-11,13-14H,6-8,12H2,1-5H3,(H,23,25). The van der Waals surface area contributed by atoms with Gasteiger partial charge in [-0.15, -0.1) is 11.3 Å². The van der Waals surface area contributed by atoms with Crippen LogP contribution in [0.4, 0.5) is 0 Å². The molecule has 0 saturated carbocycles. The molecule has 1 amide bonds. The molecule has 5 heteroatoms. The Balaban J connectivity index is 1.66. The summed E-state index contributed by atoms with van der Waals surface area (Å²) in [6.45, 7) is 11.9. The van der Waals surface area contributed by atoms with Crippen LogP contribution in [0.3, 0.4) is 0 Å². The van der Waals surface area contributed by atoms with Crippen molar-refractivity contribution in [3.8, 4) is 0 Å². The minimum absolute atomic E-state index is 0.107. The molecule has 1 atom stereocenters. The van der Waals surface area contributed by atoms with Crippen molar-refractivity contribution in [2.75, 3.05) is 0 Å². The molecular weight excluding hydrogens is 342 g/mol. The number of rotatable bonds is 5. The summed E-state index contributed by atoms with van der Waals surface area (Å²) < 4.78 is 2.31. The van der Waals surface area contributed by atoms with Crippen molar-refractivity contribution in [1.29, 1.82) is 0 Å². The number of hydrogen-bond donors (Lipinski definition) is 1. The van der Waals surface area contributed by atoms with Gasteiger partial charge in [0.25, 0.3) is 5.91 Å². The highest BCUT2D eigenvalue weighted by Crippen LogP contribution is 2.32. The van der Waals surface area contributed by atoms with E-state index in [2.05, 4.69) is 61.8 Å². The molecule has 0 spiro atoms. The predicted octanol–water partition coefficient (Wildman–Crippen LogP) is 4.71. The van der Waals surface area contributed by atoms with Crippen LogP contribution in [0.25, 0.3) is 0 Å². The van der Waals surface area contributed by atoms with Gasteiger partial charge >= 0.3 is 0 Å². The van der Waals surface area contributed by atoms with Crippen LogP contribution >= 0.6 is 11.3 Å². The van der Waals surface area contributed by atoms with Crippen LogP contribution in [0.15, 0.2) is 17.2 Å². The molecule has 26 heavy (non-hydrogen) atoms. The second-order valence-electron chi connectivity index (χ2n) is 7.94. The van der Waals surface area contributed by atoms with Gasteiger partial charge < -0.3 is 4.57 Å². The zero-order valence-electron chi connectivity index (χ0n) is 16.4. The Morgan fingerprint density at radius 2 is 2.19 bits per heavy atom. The van der Waals surface area contributed by atoms with Gasteiger partial charge in [-0.1, -0.05) is 20.8 Å². The summed E-state index contributed by atoms with van der Waals surface area (Å²) in [5.41, 5.74) is 7.52. The summed E-state index contributed by atoms with van der Waals surface area (Å²) in [6, 6.07) is 4.17. The number of nitrogens with one attached hydrogen (secondary N) is 1. The molecule has 0 bridgehead atoms. The summed E-state index contributed by atoms with van der Waals surface area (Å²) in [7, 11) is 0. The first kappa shape index (κ1) is 18.9. The van der Waals surface area contributed by atoms with Gasteiger partial charge in [0.15, 0.2) is 0 Å². The first-order valence-electron chi connectivity index (χ1n) is 9.46. The molecule has 1 aliphatic carbocycles. The van der Waals surface area contributed by atoms with E-state index in [0.29, 0.717) is 11.8 Å². The Morgan fingerprint density at radius 1 is 1.42 bits per heavy atom. The van der Waals surface area contributed by atoms with Crippen molar-refractivity contribution in [1.82, 2.24) is 9.99 Å². The van der Waals surface area contributed by atoms with E-state index in [-0.39, 0.29) is 5.91 Å². The molecular formula is C21H29N3OS. The number of hydrogen-bond acceptors (Lipinski definition) is 3. The fourth-order valence-electron chi connectivity index (χ4n) is 3.64. The van der Waals surface area contributed by atoms with E-state index in [1.54, 1.807) is 17.6 Å². The Labute approximate surface area is 160 Å². The van der Waals surface area contributed by atoms with E-state index in [4.69, 9.17) is 0 Å². The number of carbonyl (C=O) groups excluding carboxylic acids is 1. The molecule has 1 aliphatic rings. The van der Waals surface area contributed by atoms with Gasteiger partial charge in [0.05, 0.1) is 11.1 Å². The molecule has 1 unspecified atom stereocenters. The maximum atomic E-state index is 12.4. The highest BCUT2D eigenvalue weighted by Gasteiger charge is 2.20. The highest BCUT2D eigenvalue weighted by atomic mass is 32.1. The van der Waals surface area contributed by atoms with Crippen LogP contribution in [0.1, 0.15) is 64.3 Å². The number of carbonyl (C=O) groups is 1. The first-order chi connectivity index (χ1) is 12.3. The van der Waals surface area contributed by atoms with Gasteiger partial charge in [0.2, 0.25) is 0 Å². The van der Waals surface area contributed by atoms with E-state index in [0.717, 1.165) is 29.8 Å². The number of amides is 1. The molecule has 0 radical (unpaired) electrons. The lowest BCUT2D eigenvalue weighted by molar-refractivity contribution is 0.0959.